The van der Waals surface area contributed by atoms with Crippen LogP contribution in [-0.2, 0) is 4.79 Å². The Kier molecular flexibility index (Phi) is 5.78. The second-order valence-electron chi connectivity index (χ2n) is 5.34. The summed E-state index contributed by atoms with van der Waals surface area (Å²) in [6.45, 7) is 1.79. The van der Waals surface area contributed by atoms with Crippen LogP contribution in [0, 0.1) is 6.92 Å². The van der Waals surface area contributed by atoms with Crippen LogP contribution in [0.4, 0.5) is 5.69 Å². The van der Waals surface area contributed by atoms with Gasteiger partial charge in [0.1, 0.15) is 5.75 Å². The van der Waals surface area contributed by atoms with E-state index in [-0.39, 0.29) is 17.4 Å². The third kappa shape index (κ3) is 4.84. The van der Waals surface area contributed by atoms with Gasteiger partial charge in [0.05, 0.1) is 11.4 Å². The number of nitrogens with zero attached hydrogens (tertiary/aromatic N) is 1. The summed E-state index contributed by atoms with van der Waals surface area (Å²) < 4.78 is 1.89. The number of amides is 1. The van der Waals surface area contributed by atoms with Crippen LogP contribution < -0.4 is 5.32 Å². The Labute approximate surface area is 162 Å². The van der Waals surface area contributed by atoms with Gasteiger partial charge in [-0.3, -0.25) is 4.79 Å². The van der Waals surface area contributed by atoms with Crippen LogP contribution in [0.3, 0.4) is 0 Å². The second kappa shape index (κ2) is 8.03. The molecule has 0 unspecified atom stereocenters. The van der Waals surface area contributed by atoms with Crippen molar-refractivity contribution in [1.29, 1.82) is 0 Å². The molecule has 25 heavy (non-hydrogen) atoms. The summed E-state index contributed by atoms with van der Waals surface area (Å²) in [5, 5.41) is 14.3. The SMILES string of the molecule is Cc1cc(NC(=O)CSc2nc(-c3ccc(Br)cc3)cs2)ccc1O. The van der Waals surface area contributed by atoms with Crippen molar-refractivity contribution in [1.82, 2.24) is 4.98 Å². The molecule has 2 N–H and O–H groups in total. The van der Waals surface area contributed by atoms with Crippen molar-refractivity contribution in [3.05, 3.63) is 57.9 Å². The maximum absolute atomic E-state index is 12.1. The number of anilines is 1. The smallest absolute Gasteiger partial charge is 0.234 e. The van der Waals surface area contributed by atoms with Gasteiger partial charge >= 0.3 is 0 Å². The van der Waals surface area contributed by atoms with Crippen molar-refractivity contribution in [2.24, 2.45) is 0 Å². The van der Waals surface area contributed by atoms with Crippen LogP contribution in [0.2, 0.25) is 0 Å². The number of aromatic nitrogens is 1. The highest BCUT2D eigenvalue weighted by molar-refractivity contribution is 9.10. The number of nitrogens with one attached hydrogen (secondary N) is 1. The summed E-state index contributed by atoms with van der Waals surface area (Å²) in [6, 6.07) is 13.0. The standard InChI is InChI=1S/C18H15BrN2O2S2/c1-11-8-14(6-7-16(11)22)20-17(23)10-25-18-21-15(9-24-18)12-2-4-13(19)5-3-12/h2-9,22H,10H2,1H3,(H,20,23). The summed E-state index contributed by atoms with van der Waals surface area (Å²) in [5.74, 6) is 0.402. The highest BCUT2D eigenvalue weighted by atomic mass is 79.9. The molecule has 0 radical (unpaired) electrons. The maximum Gasteiger partial charge on any atom is 0.234 e. The number of phenols is 1. The molecule has 0 spiro atoms. The fraction of sp³-hybridized carbons (Fsp3) is 0.111. The zero-order valence-corrected chi connectivity index (χ0v) is 16.5. The minimum Gasteiger partial charge on any atom is -0.508 e. The van der Waals surface area contributed by atoms with E-state index in [1.807, 2.05) is 29.6 Å². The lowest BCUT2D eigenvalue weighted by atomic mass is 10.2. The largest absolute Gasteiger partial charge is 0.508 e. The predicted octanol–water partition coefficient (Wildman–Crippen LogP) is 5.32. The van der Waals surface area contributed by atoms with Gasteiger partial charge < -0.3 is 10.4 Å². The fourth-order valence-electron chi connectivity index (χ4n) is 2.13. The number of aromatic hydroxyl groups is 1. The molecule has 0 fully saturated rings. The number of carbonyl (C=O) groups excluding carboxylic acids is 1. The van der Waals surface area contributed by atoms with Gasteiger partial charge in [0.2, 0.25) is 5.91 Å². The minimum absolute atomic E-state index is 0.101. The number of aryl methyl sites for hydroxylation is 1. The number of halogens is 1. The van der Waals surface area contributed by atoms with Crippen LogP contribution in [0.25, 0.3) is 11.3 Å². The molecule has 2 aromatic carbocycles. The van der Waals surface area contributed by atoms with E-state index >= 15 is 0 Å². The van der Waals surface area contributed by atoms with Crippen molar-refractivity contribution < 1.29 is 9.90 Å². The van der Waals surface area contributed by atoms with Gasteiger partial charge in [0.25, 0.3) is 0 Å². The molecular formula is C18H15BrN2O2S2. The van der Waals surface area contributed by atoms with Crippen molar-refractivity contribution in [3.8, 4) is 17.0 Å². The molecule has 1 amide bonds. The van der Waals surface area contributed by atoms with Gasteiger partial charge in [-0.05, 0) is 42.8 Å². The summed E-state index contributed by atoms with van der Waals surface area (Å²) in [4.78, 5) is 16.6. The number of hydrogen-bond acceptors (Lipinski definition) is 5. The molecule has 0 saturated heterocycles. The molecule has 7 heteroatoms. The first-order chi connectivity index (χ1) is 12.0. The summed E-state index contributed by atoms with van der Waals surface area (Å²) >= 11 is 6.36. The molecule has 0 bridgehead atoms. The van der Waals surface area contributed by atoms with Crippen molar-refractivity contribution in [3.63, 3.8) is 0 Å². The molecule has 0 atom stereocenters. The molecule has 0 aliphatic rings. The van der Waals surface area contributed by atoms with E-state index < -0.39 is 0 Å². The molecular weight excluding hydrogens is 420 g/mol. The predicted molar refractivity (Wildman–Crippen MR) is 107 cm³/mol. The van der Waals surface area contributed by atoms with Gasteiger partial charge in [-0.15, -0.1) is 11.3 Å². The molecule has 128 valence electrons. The Morgan fingerprint density at radius 1 is 1.28 bits per heavy atom. The van der Waals surface area contributed by atoms with Crippen LogP contribution in [0.15, 0.2) is 56.7 Å². The number of phenolic OH excluding ortho intramolecular Hbond substituents is 1. The monoisotopic (exact) mass is 434 g/mol. The average molecular weight is 435 g/mol. The fourth-order valence-corrected chi connectivity index (χ4v) is 4.03. The van der Waals surface area contributed by atoms with E-state index in [0.717, 1.165) is 25.6 Å². The van der Waals surface area contributed by atoms with E-state index in [2.05, 4.69) is 26.2 Å². The minimum atomic E-state index is -0.101. The van der Waals surface area contributed by atoms with Crippen molar-refractivity contribution in [2.75, 3.05) is 11.1 Å². The molecule has 1 heterocycles. The van der Waals surface area contributed by atoms with Crippen LogP contribution >= 0.6 is 39.0 Å². The first-order valence-electron chi connectivity index (χ1n) is 7.45. The summed E-state index contributed by atoms with van der Waals surface area (Å²) in [7, 11) is 0. The highest BCUT2D eigenvalue weighted by Crippen LogP contribution is 2.29. The second-order valence-corrected chi connectivity index (χ2v) is 8.34. The Bertz CT molecular complexity index is 894. The summed E-state index contributed by atoms with van der Waals surface area (Å²) in [6.07, 6.45) is 0. The Hall–Kier alpha value is -1.83. The van der Waals surface area contributed by atoms with Gasteiger partial charge in [-0.1, -0.05) is 39.8 Å². The lowest BCUT2D eigenvalue weighted by Crippen LogP contribution is -2.13. The van der Waals surface area contributed by atoms with Crippen LogP contribution in [0.1, 0.15) is 5.56 Å². The molecule has 0 aliphatic heterocycles. The molecule has 0 saturated carbocycles. The molecule has 1 aromatic heterocycles. The first-order valence-corrected chi connectivity index (χ1v) is 10.1. The Morgan fingerprint density at radius 3 is 2.76 bits per heavy atom. The van der Waals surface area contributed by atoms with Gasteiger partial charge in [-0.25, -0.2) is 4.98 Å². The van der Waals surface area contributed by atoms with Gasteiger partial charge in [0.15, 0.2) is 4.34 Å². The third-order valence-corrected chi connectivity index (χ3v) is 5.98. The number of thiazole rings is 1. The normalized spacial score (nSPS) is 10.6. The Morgan fingerprint density at radius 2 is 2.04 bits per heavy atom. The molecule has 3 aromatic rings. The third-order valence-electron chi connectivity index (χ3n) is 3.43. The number of hydrogen-bond donors (Lipinski definition) is 2. The quantitative estimate of drug-likeness (QED) is 0.421. The number of carbonyl (C=O) groups is 1. The topological polar surface area (TPSA) is 62.2 Å². The lowest BCUT2D eigenvalue weighted by molar-refractivity contribution is -0.113. The summed E-state index contributed by atoms with van der Waals surface area (Å²) in [5.41, 5.74) is 3.37. The molecule has 0 aliphatic carbocycles. The highest BCUT2D eigenvalue weighted by Gasteiger charge is 2.09. The zero-order valence-electron chi connectivity index (χ0n) is 13.3. The van der Waals surface area contributed by atoms with Gasteiger partial charge in [0, 0.05) is 21.1 Å². The zero-order chi connectivity index (χ0) is 17.8. The Balaban J connectivity index is 1.57. The molecule has 4 nitrogen and oxygen atoms in total. The van der Waals surface area contributed by atoms with E-state index in [9.17, 15) is 9.90 Å². The van der Waals surface area contributed by atoms with E-state index in [1.54, 1.807) is 25.1 Å². The number of thioether (sulfide) groups is 1. The average Bonchev–Trinajstić information content (AvgIpc) is 3.06. The van der Waals surface area contributed by atoms with Gasteiger partial charge in [-0.2, -0.15) is 0 Å². The van der Waals surface area contributed by atoms with E-state index in [0.29, 0.717) is 5.69 Å². The lowest BCUT2D eigenvalue weighted by Gasteiger charge is -2.06. The number of rotatable bonds is 5. The van der Waals surface area contributed by atoms with E-state index in [4.69, 9.17) is 0 Å². The van der Waals surface area contributed by atoms with Crippen LogP contribution in [-0.4, -0.2) is 21.8 Å². The maximum atomic E-state index is 12.1. The first kappa shape index (κ1) is 18.0. The van der Waals surface area contributed by atoms with Crippen molar-refractivity contribution >= 4 is 50.6 Å². The van der Waals surface area contributed by atoms with Crippen LogP contribution in [0.5, 0.6) is 5.75 Å². The van der Waals surface area contributed by atoms with E-state index in [1.165, 1.54) is 23.1 Å². The number of benzene rings is 2. The molecule has 3 rings (SSSR count). The van der Waals surface area contributed by atoms with Crippen molar-refractivity contribution in [2.45, 2.75) is 11.3 Å².